The minimum atomic E-state index is 0.415. The predicted octanol–water partition coefficient (Wildman–Crippen LogP) is 0.440. The molecule has 98 valence electrons. The Bertz CT molecular complexity index is 420. The van der Waals surface area contributed by atoms with Crippen LogP contribution in [0, 0.1) is 0 Å². The zero-order chi connectivity index (χ0) is 12.4. The molecule has 1 saturated heterocycles. The van der Waals surface area contributed by atoms with Crippen molar-refractivity contribution in [3.8, 4) is 0 Å². The Morgan fingerprint density at radius 2 is 2.39 bits per heavy atom. The molecule has 0 aromatic carbocycles. The molecule has 0 spiro atoms. The van der Waals surface area contributed by atoms with E-state index in [-0.39, 0.29) is 0 Å². The largest absolute Gasteiger partial charge is 0.337 e. The molecule has 0 amide bonds. The van der Waals surface area contributed by atoms with E-state index in [1.165, 1.54) is 30.5 Å². The first kappa shape index (κ1) is 11.9. The van der Waals surface area contributed by atoms with Gasteiger partial charge in [-0.1, -0.05) is 0 Å². The van der Waals surface area contributed by atoms with E-state index in [1.54, 1.807) is 0 Å². The average Bonchev–Trinajstić information content (AvgIpc) is 2.46. The summed E-state index contributed by atoms with van der Waals surface area (Å²) in [6, 6.07) is 0.415. The number of rotatable bonds is 2. The summed E-state index contributed by atoms with van der Waals surface area (Å²) in [6.45, 7) is 3.65. The van der Waals surface area contributed by atoms with E-state index in [1.807, 2.05) is 6.20 Å². The lowest BCUT2D eigenvalue weighted by Gasteiger charge is -2.35. The van der Waals surface area contributed by atoms with Crippen molar-refractivity contribution < 1.29 is 0 Å². The fourth-order valence-corrected chi connectivity index (χ4v) is 2.87. The van der Waals surface area contributed by atoms with Gasteiger partial charge in [-0.3, -0.25) is 0 Å². The third kappa shape index (κ3) is 2.20. The highest BCUT2D eigenvalue weighted by molar-refractivity contribution is 5.36. The van der Waals surface area contributed by atoms with Crippen LogP contribution in [0.1, 0.15) is 30.5 Å². The summed E-state index contributed by atoms with van der Waals surface area (Å²) in [4.78, 5) is 11.6. The van der Waals surface area contributed by atoms with Crippen LogP contribution in [0.25, 0.3) is 0 Å². The summed E-state index contributed by atoms with van der Waals surface area (Å²) in [7, 11) is 0. The average molecular weight is 247 g/mol. The molecule has 1 atom stereocenters. The molecule has 0 radical (unpaired) electrons. The number of nitrogens with zero attached hydrogens (tertiary/aromatic N) is 3. The van der Waals surface area contributed by atoms with Crippen molar-refractivity contribution in [1.29, 1.82) is 0 Å². The lowest BCUT2D eigenvalue weighted by atomic mass is 10.0. The van der Waals surface area contributed by atoms with Gasteiger partial charge >= 0.3 is 0 Å². The topological polar surface area (TPSA) is 67.1 Å². The van der Waals surface area contributed by atoms with E-state index >= 15 is 0 Å². The Balaban J connectivity index is 1.86. The molecule has 3 heterocycles. The summed E-state index contributed by atoms with van der Waals surface area (Å²) in [5.41, 5.74) is 8.31. The quantitative estimate of drug-likeness (QED) is 0.794. The SMILES string of the molecule is NCC1CCCCN1c1ncc2c(n1)CCNC2. The molecule has 3 rings (SSSR count). The van der Waals surface area contributed by atoms with Crippen LogP contribution in [-0.4, -0.2) is 35.6 Å². The van der Waals surface area contributed by atoms with Crippen molar-refractivity contribution >= 4 is 5.95 Å². The first-order valence-electron chi connectivity index (χ1n) is 6.90. The molecule has 1 fully saturated rings. The Morgan fingerprint density at radius 1 is 1.44 bits per heavy atom. The smallest absolute Gasteiger partial charge is 0.225 e. The van der Waals surface area contributed by atoms with E-state index < -0.39 is 0 Å². The maximum atomic E-state index is 5.86. The lowest BCUT2D eigenvalue weighted by molar-refractivity contribution is 0.457. The van der Waals surface area contributed by atoms with E-state index in [0.29, 0.717) is 12.6 Å². The molecule has 1 aromatic rings. The van der Waals surface area contributed by atoms with Gasteiger partial charge in [-0.05, 0) is 19.3 Å². The van der Waals surface area contributed by atoms with Crippen molar-refractivity contribution in [2.45, 2.75) is 38.3 Å². The molecule has 1 unspecified atom stereocenters. The monoisotopic (exact) mass is 247 g/mol. The normalized spacial score (nSPS) is 23.8. The molecule has 5 nitrogen and oxygen atoms in total. The molecule has 1 aromatic heterocycles. The number of piperidine rings is 1. The van der Waals surface area contributed by atoms with Gasteiger partial charge in [0.2, 0.25) is 5.95 Å². The summed E-state index contributed by atoms with van der Waals surface area (Å²) in [6.07, 6.45) is 6.64. The first-order chi connectivity index (χ1) is 8.88. The standard InChI is InChI=1S/C13H21N5/c14-7-11-3-1-2-6-18(11)13-16-9-10-8-15-5-4-12(10)17-13/h9,11,15H,1-8,14H2. The van der Waals surface area contributed by atoms with E-state index in [2.05, 4.69) is 15.2 Å². The highest BCUT2D eigenvalue weighted by Gasteiger charge is 2.24. The highest BCUT2D eigenvalue weighted by atomic mass is 15.3. The number of hydrogen-bond donors (Lipinski definition) is 2. The fourth-order valence-electron chi connectivity index (χ4n) is 2.87. The Kier molecular flexibility index (Phi) is 3.43. The third-order valence-corrected chi connectivity index (χ3v) is 3.95. The molecule has 0 aliphatic carbocycles. The number of aromatic nitrogens is 2. The van der Waals surface area contributed by atoms with Crippen LogP contribution in [0.5, 0.6) is 0 Å². The second-order valence-corrected chi connectivity index (χ2v) is 5.15. The number of nitrogens with one attached hydrogen (secondary N) is 1. The van der Waals surface area contributed by atoms with Crippen molar-refractivity contribution in [2.24, 2.45) is 5.73 Å². The van der Waals surface area contributed by atoms with Gasteiger partial charge in [0.25, 0.3) is 0 Å². The van der Waals surface area contributed by atoms with Gasteiger partial charge in [-0.25, -0.2) is 9.97 Å². The summed E-state index contributed by atoms with van der Waals surface area (Å²) in [5.74, 6) is 0.880. The Morgan fingerprint density at radius 3 is 3.28 bits per heavy atom. The van der Waals surface area contributed by atoms with Gasteiger partial charge in [-0.15, -0.1) is 0 Å². The van der Waals surface area contributed by atoms with Gasteiger partial charge in [0.15, 0.2) is 0 Å². The van der Waals surface area contributed by atoms with Gasteiger partial charge in [0.05, 0.1) is 5.69 Å². The van der Waals surface area contributed by atoms with E-state index in [4.69, 9.17) is 10.7 Å². The van der Waals surface area contributed by atoms with Crippen LogP contribution < -0.4 is 16.0 Å². The second-order valence-electron chi connectivity index (χ2n) is 5.15. The molecular formula is C13H21N5. The number of fused-ring (bicyclic) bond motifs is 1. The second kappa shape index (κ2) is 5.20. The third-order valence-electron chi connectivity index (χ3n) is 3.95. The molecule has 3 N–H and O–H groups in total. The molecular weight excluding hydrogens is 226 g/mol. The van der Waals surface area contributed by atoms with E-state index in [0.717, 1.165) is 32.0 Å². The van der Waals surface area contributed by atoms with Crippen LogP contribution in [-0.2, 0) is 13.0 Å². The van der Waals surface area contributed by atoms with Crippen LogP contribution in [0.4, 0.5) is 5.95 Å². The maximum absolute atomic E-state index is 5.86. The van der Waals surface area contributed by atoms with Crippen LogP contribution >= 0.6 is 0 Å². The number of nitrogens with two attached hydrogens (primary N) is 1. The molecule has 2 aliphatic heterocycles. The fraction of sp³-hybridized carbons (Fsp3) is 0.692. The number of hydrogen-bond acceptors (Lipinski definition) is 5. The summed E-state index contributed by atoms with van der Waals surface area (Å²) < 4.78 is 0. The minimum absolute atomic E-state index is 0.415. The van der Waals surface area contributed by atoms with Crippen LogP contribution in [0.3, 0.4) is 0 Å². The maximum Gasteiger partial charge on any atom is 0.225 e. The van der Waals surface area contributed by atoms with Crippen LogP contribution in [0.2, 0.25) is 0 Å². The van der Waals surface area contributed by atoms with Crippen molar-refractivity contribution in [3.05, 3.63) is 17.5 Å². The van der Waals surface area contributed by atoms with Gasteiger partial charge < -0.3 is 16.0 Å². The predicted molar refractivity (Wildman–Crippen MR) is 71.5 cm³/mol. The Hall–Kier alpha value is -1.20. The van der Waals surface area contributed by atoms with Gasteiger partial charge in [0.1, 0.15) is 0 Å². The zero-order valence-electron chi connectivity index (χ0n) is 10.7. The Labute approximate surface area is 108 Å². The van der Waals surface area contributed by atoms with Crippen molar-refractivity contribution in [3.63, 3.8) is 0 Å². The highest BCUT2D eigenvalue weighted by Crippen LogP contribution is 2.22. The molecule has 2 aliphatic rings. The lowest BCUT2D eigenvalue weighted by Crippen LogP contribution is -2.45. The van der Waals surface area contributed by atoms with Gasteiger partial charge in [-0.2, -0.15) is 0 Å². The molecule has 0 saturated carbocycles. The van der Waals surface area contributed by atoms with E-state index in [9.17, 15) is 0 Å². The number of anilines is 1. The van der Waals surface area contributed by atoms with Gasteiger partial charge in [0, 0.05) is 50.4 Å². The zero-order valence-corrected chi connectivity index (χ0v) is 10.7. The molecule has 0 bridgehead atoms. The van der Waals surface area contributed by atoms with Crippen LogP contribution in [0.15, 0.2) is 6.20 Å². The minimum Gasteiger partial charge on any atom is -0.337 e. The molecule has 18 heavy (non-hydrogen) atoms. The molecule has 5 heteroatoms. The van der Waals surface area contributed by atoms with Crippen molar-refractivity contribution in [1.82, 2.24) is 15.3 Å². The summed E-state index contributed by atoms with van der Waals surface area (Å²) in [5, 5.41) is 3.35. The van der Waals surface area contributed by atoms with Crippen molar-refractivity contribution in [2.75, 3.05) is 24.5 Å². The first-order valence-corrected chi connectivity index (χ1v) is 6.90. The summed E-state index contributed by atoms with van der Waals surface area (Å²) >= 11 is 0.